The first kappa shape index (κ1) is 95.9. The van der Waals surface area contributed by atoms with E-state index in [1.165, 1.54) is 19.2 Å². The van der Waals surface area contributed by atoms with Crippen LogP contribution in [0.1, 0.15) is 45.8 Å². The molecule has 3 amide bonds. The van der Waals surface area contributed by atoms with Gasteiger partial charge in [0.25, 0.3) is 5.69 Å². The van der Waals surface area contributed by atoms with Crippen molar-refractivity contribution >= 4 is 232 Å². The molecule has 2 aromatic heterocycles. The minimum absolute atomic E-state index is 0.0840. The van der Waals surface area contributed by atoms with Gasteiger partial charge in [0.05, 0.1) is 83.8 Å². The number of halogens is 9. The van der Waals surface area contributed by atoms with Gasteiger partial charge >= 0.3 is 12.8 Å². The molecule has 121 heavy (non-hydrogen) atoms. The number of nitrogens with two attached hydrogens (primary N) is 2. The Morgan fingerprint density at radius 3 is 1.39 bits per heavy atom. The lowest BCUT2D eigenvalue weighted by Gasteiger charge is -2.32. The molecule has 28 nitrogen and oxygen atoms in total. The highest BCUT2D eigenvalue weighted by atomic mass is 127. The number of amides is 3. The van der Waals surface area contributed by atoms with Gasteiger partial charge < -0.3 is 76.0 Å². The van der Waals surface area contributed by atoms with Crippen molar-refractivity contribution < 1.29 is 48.8 Å². The first-order valence-corrected chi connectivity index (χ1v) is 43.1. The maximum atomic E-state index is 12.6. The van der Waals surface area contributed by atoms with E-state index in [0.29, 0.717) is 99.5 Å². The number of morpholine rings is 2. The SMILES string of the molecule is CN.CN1C(=O)Cc2ccc(-c3cc(Nc4ccc(Cl)cc4)nc(N4CCOCC4)n3)cc21.CN1C(=O)Cc2ccc(B3OC(C)(C)C(C)(C)O3)cc21.CN1C(=O)Cc2ccc(Br)cc21.CNc1cc(Br)ccc1N.CNc1cc(Br)ccc1[N+](=O)[O-].Clc1ccc(Nc2cc(Cl)nc(N3CCOCC3)n2)cc1.O=[N+]([O-])c1ccc(Br)cc1F.[2H]CI. The van der Waals surface area contributed by atoms with Crippen LogP contribution in [0.5, 0.6) is 0 Å². The van der Waals surface area contributed by atoms with E-state index in [-0.39, 0.29) is 41.7 Å². The van der Waals surface area contributed by atoms with Crippen LogP contribution in [0.15, 0.2) is 188 Å². The molecular formula is C83H91BBr4Cl3FIN17O11. The quantitative estimate of drug-likeness (QED) is 0.0126. The van der Waals surface area contributed by atoms with Crippen molar-refractivity contribution in [1.29, 1.82) is 0 Å². The second-order valence-corrected chi connectivity index (χ2v) is 32.7. The fourth-order valence-corrected chi connectivity index (χ4v) is 14.0. The van der Waals surface area contributed by atoms with Gasteiger partial charge in [-0.1, -0.05) is 151 Å². The van der Waals surface area contributed by atoms with Crippen molar-refractivity contribution in [2.75, 3.05) is 151 Å². The number of alkyl halides is 1. The maximum Gasteiger partial charge on any atom is 0.494 e. The molecule has 8 N–H and O–H groups in total. The predicted molar refractivity (Wildman–Crippen MR) is 507 cm³/mol. The Kier molecular flexibility index (Phi) is 36.4. The smallest absolute Gasteiger partial charge is 0.399 e. The third kappa shape index (κ3) is 27.3. The molecule has 640 valence electrons. The van der Waals surface area contributed by atoms with E-state index >= 15 is 0 Å². The topological polar surface area (TPSA) is 342 Å². The number of fused-ring (bicyclic) bond motifs is 3. The second kappa shape index (κ2) is 46.0. The normalized spacial score (nSPS) is 14.8. The number of hydrogen-bond donors (Lipinski definition) is 6. The van der Waals surface area contributed by atoms with Gasteiger partial charge in [-0.3, -0.25) is 34.6 Å². The van der Waals surface area contributed by atoms with E-state index in [0.717, 1.165) is 125 Å². The zero-order valence-electron chi connectivity index (χ0n) is 68.7. The molecule has 0 unspecified atom stereocenters. The average Bonchev–Trinajstić information content (AvgIpc) is 1.61. The predicted octanol–water partition coefficient (Wildman–Crippen LogP) is 18.3. The van der Waals surface area contributed by atoms with Crippen LogP contribution >= 0.6 is 121 Å². The third-order valence-corrected chi connectivity index (χ3v) is 22.0. The van der Waals surface area contributed by atoms with Crippen molar-refractivity contribution in [2.24, 2.45) is 5.73 Å². The molecule has 8 aromatic carbocycles. The van der Waals surface area contributed by atoms with Crippen LogP contribution in [-0.2, 0) is 52.4 Å². The van der Waals surface area contributed by atoms with Crippen molar-refractivity contribution in [3.05, 3.63) is 246 Å². The van der Waals surface area contributed by atoms with Gasteiger partial charge in [0.1, 0.15) is 22.5 Å². The number of rotatable bonds is 12. The Morgan fingerprint density at radius 2 is 0.926 bits per heavy atom. The number of nitro groups is 2. The number of carbonyl (C=O) groups excluding carboxylic acids is 3. The number of carbonyl (C=O) groups is 3. The largest absolute Gasteiger partial charge is 0.494 e. The van der Waals surface area contributed by atoms with E-state index < -0.39 is 21.4 Å². The summed E-state index contributed by atoms with van der Waals surface area (Å²) in [7, 11) is 10.0. The van der Waals surface area contributed by atoms with Gasteiger partial charge in [-0.25, -0.2) is 9.97 Å². The number of nitro benzene ring substituents is 2. The summed E-state index contributed by atoms with van der Waals surface area (Å²) in [6.45, 7) is 13.8. The number of nitrogens with zero attached hydrogens (tertiary/aromatic N) is 11. The van der Waals surface area contributed by atoms with Gasteiger partial charge in [-0.2, -0.15) is 14.4 Å². The number of aromatic nitrogens is 4. The minimum Gasteiger partial charge on any atom is -0.399 e. The lowest BCUT2D eigenvalue weighted by molar-refractivity contribution is -0.387. The Balaban J connectivity index is 0.000000182. The first-order chi connectivity index (χ1) is 58.1. The van der Waals surface area contributed by atoms with Crippen molar-refractivity contribution in [3.63, 3.8) is 0 Å². The second-order valence-electron chi connectivity index (χ2n) is 27.8. The Labute approximate surface area is 766 Å². The summed E-state index contributed by atoms with van der Waals surface area (Å²) in [4.78, 5) is 82.5. The molecule has 3 saturated heterocycles. The van der Waals surface area contributed by atoms with Gasteiger partial charge in [0.2, 0.25) is 35.4 Å². The Hall–Kier alpha value is -8.96. The number of nitrogens with one attached hydrogen (secondary N) is 4. The summed E-state index contributed by atoms with van der Waals surface area (Å²) in [6, 6.07) is 50.5. The average molecular weight is 2090 g/mol. The van der Waals surface area contributed by atoms with Gasteiger partial charge in [-0.05, 0) is 177 Å². The lowest BCUT2D eigenvalue weighted by atomic mass is 9.78. The molecular weight excluding hydrogens is 1990 g/mol. The fraction of sp³-hybridized carbons (Fsp3) is 0.289. The van der Waals surface area contributed by atoms with E-state index in [2.05, 4.69) is 110 Å². The van der Waals surface area contributed by atoms with Crippen molar-refractivity contribution in [2.45, 2.75) is 58.2 Å². The van der Waals surface area contributed by atoms with Crippen LogP contribution in [0.2, 0.25) is 15.2 Å². The highest BCUT2D eigenvalue weighted by Crippen LogP contribution is 2.39. The van der Waals surface area contributed by atoms with Crippen LogP contribution < -0.4 is 62.7 Å². The van der Waals surface area contributed by atoms with Crippen LogP contribution in [0, 0.1) is 26.0 Å². The number of likely N-dealkylation sites (N-methyl/N-ethyl adjacent to an activating group) is 3. The minimum atomic E-state index is -0.829. The molecule has 0 radical (unpaired) electrons. The maximum absolute atomic E-state index is 12.6. The highest BCUT2D eigenvalue weighted by Gasteiger charge is 2.52. The van der Waals surface area contributed by atoms with Gasteiger partial charge in [-0.15, -0.1) is 0 Å². The van der Waals surface area contributed by atoms with E-state index in [1.807, 2.05) is 199 Å². The van der Waals surface area contributed by atoms with Crippen molar-refractivity contribution in [1.82, 2.24) is 19.9 Å². The summed E-state index contributed by atoms with van der Waals surface area (Å²) >= 11 is 32.9. The fourth-order valence-electron chi connectivity index (χ4n) is 12.1. The summed E-state index contributed by atoms with van der Waals surface area (Å²) in [5.41, 5.74) is 21.8. The van der Waals surface area contributed by atoms with Crippen LogP contribution in [0.4, 0.5) is 84.8 Å². The molecule has 0 spiro atoms. The molecule has 10 aromatic rings. The molecule has 6 aliphatic rings. The number of hydrogen-bond acceptors (Lipinski definition) is 23. The summed E-state index contributed by atoms with van der Waals surface area (Å²) in [5.74, 6) is 2.19. The summed E-state index contributed by atoms with van der Waals surface area (Å²) in [6.07, 6.45) is 1.47. The molecule has 0 atom stereocenters. The zero-order chi connectivity index (χ0) is 89.3. The molecule has 6 aliphatic heterocycles. The van der Waals surface area contributed by atoms with Crippen LogP contribution in [-0.4, -0.2) is 166 Å². The Bertz CT molecular complexity index is 5290. The molecule has 8 heterocycles. The zero-order valence-corrected chi connectivity index (χ0v) is 78.5. The van der Waals surface area contributed by atoms with Crippen LogP contribution in [0.3, 0.4) is 0 Å². The van der Waals surface area contributed by atoms with Gasteiger partial charge in [0, 0.05) is 149 Å². The lowest BCUT2D eigenvalue weighted by Crippen LogP contribution is -2.41. The molecule has 0 saturated carbocycles. The van der Waals surface area contributed by atoms with Crippen LogP contribution in [0.25, 0.3) is 11.3 Å². The van der Waals surface area contributed by atoms with E-state index in [1.54, 1.807) is 47.0 Å². The number of anilines is 12. The molecule has 0 aliphatic carbocycles. The summed E-state index contributed by atoms with van der Waals surface area (Å²) in [5, 5.41) is 34.6. The molecule has 0 bridgehead atoms. The molecule has 38 heteroatoms. The standard InChI is InChI=1S/C23H22ClN5O2.C15H20BNO3.C14H14Cl2N4O.C9H8BrNO.C7H7BrN2O2.C7H9BrN2.C6H3BrFNO2.CH3I.CH5N/c1-28-20-12-15(2-3-16(20)13-22(28)30)19-14-21(25-18-6-4-17(24)5-7-18)27-23(26-19)29-8-10-31-11-9-29;1-14(2)15(3,4)20-16(19-14)11-7-6-10-8-13(18)17(5)12(10)9-11;15-10-1-3-11(4-2-10)17-13-9-12(16)18-14(19-13)20-5-7-21-8-6-20;1-11-8-5-7(10)3-2-6(8)4-9(11)12;1-9-6-4-5(8)2-3-7(6)10(11)12;1-10-7-4-5(8)2-3-6(7)9;7-4-1-2-6(9(10)11)5(8)3-4;2*1-2/h2-7,12,14H,8-11,13H2,1H3,(H,25,26,27);6-7,9H,8H2,1-5H3;1-4,9H,5-8H2,(H,17,18,19);2-3,5H,4H2,1H3;2-4,9H,1H3;2-4,10H,9H2,1H3;1-3H;1H3;2H2,1H3/i;;;;;;;1D;. The summed E-state index contributed by atoms with van der Waals surface area (Å²) < 4.78 is 45.1. The number of benzene rings is 8. The molecule has 16 rings (SSSR count). The highest BCUT2D eigenvalue weighted by molar-refractivity contribution is 14.1. The number of nitrogen functional groups attached to an aromatic ring is 1. The van der Waals surface area contributed by atoms with Crippen molar-refractivity contribution in [3.8, 4) is 11.3 Å². The van der Waals surface area contributed by atoms with E-state index in [4.69, 9.17) is 70.7 Å². The Morgan fingerprint density at radius 1 is 0.529 bits per heavy atom. The number of ether oxygens (including phenoxy) is 2. The monoisotopic (exact) mass is 2080 g/mol. The third-order valence-electron chi connectivity index (χ3n) is 19.3. The first-order valence-electron chi connectivity index (χ1n) is 38.0. The van der Waals surface area contributed by atoms with Gasteiger partial charge in [0.15, 0.2) is 0 Å². The van der Waals surface area contributed by atoms with E-state index in [9.17, 15) is 39.0 Å². The molecule has 3 fully saturated rings.